The summed E-state index contributed by atoms with van der Waals surface area (Å²) in [6, 6.07) is 12.5. The molecular formula is C19H21NO5. The van der Waals surface area contributed by atoms with Crippen molar-refractivity contribution in [2.45, 2.75) is 18.6 Å². The van der Waals surface area contributed by atoms with E-state index in [2.05, 4.69) is 0 Å². The van der Waals surface area contributed by atoms with Crippen LogP contribution >= 0.6 is 0 Å². The van der Waals surface area contributed by atoms with Crippen LogP contribution in [-0.2, 0) is 16.9 Å². The van der Waals surface area contributed by atoms with Crippen LogP contribution in [0.25, 0.3) is 0 Å². The van der Waals surface area contributed by atoms with E-state index in [0.29, 0.717) is 23.5 Å². The maximum Gasteiger partial charge on any atom is 0.264 e. The summed E-state index contributed by atoms with van der Waals surface area (Å²) in [5.41, 5.74) is 0.242. The third-order valence-corrected chi connectivity index (χ3v) is 4.51. The highest BCUT2D eigenvalue weighted by molar-refractivity contribution is 6.06. The Labute approximate surface area is 146 Å². The molecule has 1 atom stereocenters. The van der Waals surface area contributed by atoms with E-state index in [9.17, 15) is 15.0 Å². The van der Waals surface area contributed by atoms with Gasteiger partial charge in [0.05, 0.1) is 26.5 Å². The van der Waals surface area contributed by atoms with E-state index in [0.717, 1.165) is 11.3 Å². The first kappa shape index (κ1) is 17.3. The Hall–Kier alpha value is -2.57. The molecular weight excluding hydrogens is 322 g/mol. The second-order valence-electron chi connectivity index (χ2n) is 5.96. The summed E-state index contributed by atoms with van der Waals surface area (Å²) in [6.45, 7) is 0.0190. The van der Waals surface area contributed by atoms with E-state index in [1.54, 1.807) is 25.3 Å². The van der Waals surface area contributed by atoms with Crippen LogP contribution in [0.15, 0.2) is 42.5 Å². The molecule has 0 bridgehead atoms. The number of rotatable bonds is 6. The highest BCUT2D eigenvalue weighted by Gasteiger charge is 2.49. The predicted octanol–water partition coefficient (Wildman–Crippen LogP) is 1.82. The summed E-state index contributed by atoms with van der Waals surface area (Å²) in [4.78, 5) is 14.4. The number of ether oxygens (including phenoxy) is 2. The van der Waals surface area contributed by atoms with Crippen molar-refractivity contribution in [1.29, 1.82) is 0 Å². The number of hydrogen-bond donors (Lipinski definition) is 2. The van der Waals surface area contributed by atoms with Crippen LogP contribution in [0.5, 0.6) is 11.5 Å². The largest absolute Gasteiger partial charge is 0.497 e. The van der Waals surface area contributed by atoms with Crippen LogP contribution in [0.2, 0.25) is 0 Å². The predicted molar refractivity (Wildman–Crippen MR) is 92.8 cm³/mol. The molecule has 0 unspecified atom stereocenters. The topological polar surface area (TPSA) is 79.2 Å². The normalized spacial score (nSPS) is 19.0. The number of carbonyl (C=O) groups excluding carboxylic acids is 1. The van der Waals surface area contributed by atoms with E-state index in [4.69, 9.17) is 9.47 Å². The lowest BCUT2D eigenvalue weighted by molar-refractivity contribution is -0.137. The summed E-state index contributed by atoms with van der Waals surface area (Å²) in [5.74, 6) is 0.841. The van der Waals surface area contributed by atoms with E-state index >= 15 is 0 Å². The molecule has 6 heteroatoms. The lowest BCUT2D eigenvalue weighted by Gasteiger charge is -2.22. The zero-order valence-electron chi connectivity index (χ0n) is 14.2. The summed E-state index contributed by atoms with van der Waals surface area (Å²) in [7, 11) is 3.12. The average molecular weight is 343 g/mol. The maximum absolute atomic E-state index is 12.9. The van der Waals surface area contributed by atoms with Crippen LogP contribution in [0.4, 0.5) is 5.69 Å². The molecule has 0 saturated heterocycles. The SMILES string of the molecule is COc1ccc(CN2C(=O)[C@@](O)(CCO)c3cc(OC)ccc32)cc1. The fourth-order valence-corrected chi connectivity index (χ4v) is 3.13. The van der Waals surface area contributed by atoms with Crippen LogP contribution in [-0.4, -0.2) is 36.9 Å². The number of fused-ring (bicyclic) bond motifs is 1. The van der Waals surface area contributed by atoms with Crippen LogP contribution in [0.3, 0.4) is 0 Å². The zero-order chi connectivity index (χ0) is 18.0. The molecule has 0 fully saturated rings. The summed E-state index contributed by atoms with van der Waals surface area (Å²) in [5, 5.41) is 20.3. The van der Waals surface area contributed by atoms with Gasteiger partial charge in [0.1, 0.15) is 11.5 Å². The van der Waals surface area contributed by atoms with Crippen LogP contribution in [0, 0.1) is 0 Å². The first-order valence-corrected chi connectivity index (χ1v) is 8.00. The second kappa shape index (κ2) is 6.74. The minimum Gasteiger partial charge on any atom is -0.497 e. The number of carbonyl (C=O) groups is 1. The fourth-order valence-electron chi connectivity index (χ4n) is 3.13. The molecule has 1 amide bonds. The Morgan fingerprint density at radius 3 is 2.28 bits per heavy atom. The third-order valence-electron chi connectivity index (χ3n) is 4.51. The number of amides is 1. The van der Waals surface area contributed by atoms with Crippen molar-refractivity contribution >= 4 is 11.6 Å². The third kappa shape index (κ3) is 2.94. The Balaban J connectivity index is 1.98. The number of anilines is 1. The molecule has 6 nitrogen and oxygen atoms in total. The molecule has 1 aliphatic heterocycles. The van der Waals surface area contributed by atoms with Gasteiger partial charge in [-0.1, -0.05) is 12.1 Å². The van der Waals surface area contributed by atoms with E-state index in [1.807, 2.05) is 24.3 Å². The Bertz CT molecular complexity index is 774. The van der Waals surface area contributed by atoms with Crippen LogP contribution in [0.1, 0.15) is 17.5 Å². The van der Waals surface area contributed by atoms with E-state index in [-0.39, 0.29) is 13.0 Å². The van der Waals surface area contributed by atoms with Crippen molar-refractivity contribution in [1.82, 2.24) is 0 Å². The van der Waals surface area contributed by atoms with Crippen molar-refractivity contribution in [3.05, 3.63) is 53.6 Å². The van der Waals surface area contributed by atoms with Gasteiger partial charge in [-0.3, -0.25) is 4.79 Å². The van der Waals surface area contributed by atoms with Gasteiger partial charge >= 0.3 is 0 Å². The number of aliphatic hydroxyl groups is 2. The summed E-state index contributed by atoms with van der Waals surface area (Å²) in [6.07, 6.45) is -0.0644. The van der Waals surface area contributed by atoms with Gasteiger partial charge < -0.3 is 24.6 Å². The van der Waals surface area contributed by atoms with Gasteiger partial charge in [-0.2, -0.15) is 0 Å². The van der Waals surface area contributed by atoms with Gasteiger partial charge in [-0.25, -0.2) is 0 Å². The van der Waals surface area contributed by atoms with Crippen molar-refractivity contribution in [2.75, 3.05) is 25.7 Å². The van der Waals surface area contributed by atoms with Gasteiger partial charge in [-0.05, 0) is 35.9 Å². The quantitative estimate of drug-likeness (QED) is 0.836. The van der Waals surface area contributed by atoms with Crippen molar-refractivity contribution in [3.63, 3.8) is 0 Å². The minimum absolute atomic E-state index is 0.0644. The van der Waals surface area contributed by atoms with Crippen LogP contribution < -0.4 is 14.4 Å². The molecule has 2 aromatic rings. The number of methoxy groups -OCH3 is 2. The molecule has 0 saturated carbocycles. The van der Waals surface area contributed by atoms with Gasteiger partial charge in [-0.15, -0.1) is 0 Å². The Morgan fingerprint density at radius 2 is 1.68 bits per heavy atom. The molecule has 0 radical (unpaired) electrons. The lowest BCUT2D eigenvalue weighted by Crippen LogP contribution is -2.40. The Kier molecular flexibility index (Phi) is 4.65. The molecule has 25 heavy (non-hydrogen) atoms. The monoisotopic (exact) mass is 343 g/mol. The van der Waals surface area contributed by atoms with E-state index in [1.165, 1.54) is 12.0 Å². The van der Waals surface area contributed by atoms with Gasteiger partial charge in [0, 0.05) is 18.6 Å². The summed E-state index contributed by atoms with van der Waals surface area (Å²) < 4.78 is 10.4. The molecule has 3 rings (SSSR count). The number of nitrogens with zero attached hydrogens (tertiary/aromatic N) is 1. The van der Waals surface area contributed by atoms with Crippen molar-refractivity contribution < 1.29 is 24.5 Å². The molecule has 1 heterocycles. The second-order valence-corrected chi connectivity index (χ2v) is 5.96. The van der Waals surface area contributed by atoms with Gasteiger partial charge in [0.2, 0.25) is 0 Å². The number of aliphatic hydroxyl groups excluding tert-OH is 1. The van der Waals surface area contributed by atoms with E-state index < -0.39 is 11.5 Å². The molecule has 0 aliphatic carbocycles. The highest BCUT2D eigenvalue weighted by Crippen LogP contribution is 2.44. The summed E-state index contributed by atoms with van der Waals surface area (Å²) >= 11 is 0. The first-order chi connectivity index (χ1) is 12.0. The first-order valence-electron chi connectivity index (χ1n) is 8.00. The number of benzene rings is 2. The zero-order valence-corrected chi connectivity index (χ0v) is 14.2. The van der Waals surface area contributed by atoms with Gasteiger partial charge in [0.25, 0.3) is 5.91 Å². The number of hydrogen-bond acceptors (Lipinski definition) is 5. The molecule has 0 spiro atoms. The smallest absolute Gasteiger partial charge is 0.264 e. The Morgan fingerprint density at radius 1 is 1.04 bits per heavy atom. The van der Waals surface area contributed by atoms with Crippen molar-refractivity contribution in [3.8, 4) is 11.5 Å². The molecule has 132 valence electrons. The minimum atomic E-state index is -1.74. The molecule has 2 N–H and O–H groups in total. The average Bonchev–Trinajstić information content (AvgIpc) is 2.84. The van der Waals surface area contributed by atoms with Gasteiger partial charge in [0.15, 0.2) is 5.60 Å². The molecule has 0 aromatic heterocycles. The van der Waals surface area contributed by atoms with Crippen molar-refractivity contribution in [2.24, 2.45) is 0 Å². The fraction of sp³-hybridized carbons (Fsp3) is 0.316. The standard InChI is InChI=1S/C19H21NO5/c1-24-14-5-3-13(4-6-14)12-20-17-8-7-15(25-2)11-16(17)19(23,9-10-21)18(20)22/h3-8,11,21,23H,9-10,12H2,1-2H3/t19-/m1/s1. The maximum atomic E-state index is 12.9. The molecule has 1 aliphatic rings. The molecule has 2 aromatic carbocycles. The highest BCUT2D eigenvalue weighted by atomic mass is 16.5. The lowest BCUT2D eigenvalue weighted by atomic mass is 9.92.